The number of oxazole rings is 1. The number of amides is 2. The molecule has 1 aliphatic rings. The van der Waals surface area contributed by atoms with Crippen LogP contribution < -0.4 is 0 Å². The van der Waals surface area contributed by atoms with Crippen LogP contribution in [0.3, 0.4) is 0 Å². The van der Waals surface area contributed by atoms with E-state index in [-0.39, 0.29) is 11.8 Å². The molecule has 3 aromatic rings. The molecule has 0 radical (unpaired) electrons. The van der Waals surface area contributed by atoms with Crippen LogP contribution in [0.25, 0.3) is 11.1 Å². The fraction of sp³-hybridized carbons (Fsp3) is 0.263. The summed E-state index contributed by atoms with van der Waals surface area (Å²) in [5.74, 6) is 0.463. The summed E-state index contributed by atoms with van der Waals surface area (Å²) in [6.45, 7) is 3.78. The SMILES string of the molecule is Cc1nc2ccc(C(=O)N3CCN(C(=O)c4cccnc4)CC3)cc2o1. The third kappa shape index (κ3) is 3.03. The Balaban J connectivity index is 1.43. The van der Waals surface area contributed by atoms with E-state index in [9.17, 15) is 9.59 Å². The first-order valence-corrected chi connectivity index (χ1v) is 8.47. The van der Waals surface area contributed by atoms with E-state index in [1.165, 1.54) is 0 Å². The Labute approximate surface area is 150 Å². The van der Waals surface area contributed by atoms with E-state index in [0.29, 0.717) is 48.8 Å². The normalized spacial score (nSPS) is 14.7. The Morgan fingerprint density at radius 1 is 1.00 bits per heavy atom. The second-order valence-corrected chi connectivity index (χ2v) is 6.24. The molecule has 0 unspecified atom stereocenters. The highest BCUT2D eigenvalue weighted by Crippen LogP contribution is 2.19. The van der Waals surface area contributed by atoms with Crippen LogP contribution in [-0.2, 0) is 0 Å². The van der Waals surface area contributed by atoms with Crippen LogP contribution in [0.15, 0.2) is 47.1 Å². The van der Waals surface area contributed by atoms with Gasteiger partial charge in [-0.2, -0.15) is 0 Å². The van der Waals surface area contributed by atoms with Crippen molar-refractivity contribution in [3.05, 3.63) is 59.7 Å². The maximum atomic E-state index is 12.7. The van der Waals surface area contributed by atoms with E-state index < -0.39 is 0 Å². The van der Waals surface area contributed by atoms with E-state index in [1.807, 2.05) is 0 Å². The first kappa shape index (κ1) is 16.3. The van der Waals surface area contributed by atoms with Crippen molar-refractivity contribution in [2.75, 3.05) is 26.2 Å². The minimum absolute atomic E-state index is 0.0521. The zero-order valence-electron chi connectivity index (χ0n) is 14.4. The van der Waals surface area contributed by atoms with Gasteiger partial charge in [-0.05, 0) is 30.3 Å². The monoisotopic (exact) mass is 350 g/mol. The number of hydrogen-bond donors (Lipinski definition) is 0. The quantitative estimate of drug-likeness (QED) is 0.707. The zero-order valence-corrected chi connectivity index (χ0v) is 14.4. The van der Waals surface area contributed by atoms with Gasteiger partial charge >= 0.3 is 0 Å². The van der Waals surface area contributed by atoms with Crippen LogP contribution in [-0.4, -0.2) is 57.8 Å². The predicted octanol–water partition coefficient (Wildman–Crippen LogP) is 2.13. The minimum atomic E-state index is -0.0607. The van der Waals surface area contributed by atoms with Gasteiger partial charge < -0.3 is 14.2 Å². The Bertz CT molecular complexity index is 959. The van der Waals surface area contributed by atoms with E-state index in [0.717, 1.165) is 5.52 Å². The first-order valence-electron chi connectivity index (χ1n) is 8.47. The first-order chi connectivity index (χ1) is 12.6. The number of nitrogens with zero attached hydrogens (tertiary/aromatic N) is 4. The molecule has 1 saturated heterocycles. The van der Waals surface area contributed by atoms with Crippen LogP contribution in [0.2, 0.25) is 0 Å². The molecule has 1 fully saturated rings. The molecule has 0 N–H and O–H groups in total. The molecule has 0 aliphatic carbocycles. The minimum Gasteiger partial charge on any atom is -0.441 e. The van der Waals surface area contributed by atoms with Gasteiger partial charge in [0.05, 0.1) is 5.56 Å². The highest BCUT2D eigenvalue weighted by atomic mass is 16.3. The van der Waals surface area contributed by atoms with E-state index in [1.54, 1.807) is 59.4 Å². The van der Waals surface area contributed by atoms with E-state index in [4.69, 9.17) is 4.42 Å². The summed E-state index contributed by atoms with van der Waals surface area (Å²) in [6, 6.07) is 8.78. The number of pyridine rings is 1. The molecular formula is C19H18N4O3. The number of hydrogen-bond acceptors (Lipinski definition) is 5. The second-order valence-electron chi connectivity index (χ2n) is 6.24. The summed E-state index contributed by atoms with van der Waals surface area (Å²) >= 11 is 0. The second kappa shape index (κ2) is 6.59. The number of piperazine rings is 1. The van der Waals surface area contributed by atoms with Crippen molar-refractivity contribution in [3.63, 3.8) is 0 Å². The van der Waals surface area contributed by atoms with Crippen molar-refractivity contribution >= 4 is 22.9 Å². The zero-order chi connectivity index (χ0) is 18.1. The summed E-state index contributed by atoms with van der Waals surface area (Å²) in [5.41, 5.74) is 2.49. The van der Waals surface area contributed by atoms with Crippen LogP contribution in [0.5, 0.6) is 0 Å². The lowest BCUT2D eigenvalue weighted by atomic mass is 10.1. The van der Waals surface area contributed by atoms with Gasteiger partial charge in [0.1, 0.15) is 5.52 Å². The third-order valence-electron chi connectivity index (χ3n) is 4.50. The van der Waals surface area contributed by atoms with Gasteiger partial charge in [-0.3, -0.25) is 14.6 Å². The van der Waals surface area contributed by atoms with Gasteiger partial charge in [-0.15, -0.1) is 0 Å². The molecule has 0 bridgehead atoms. The Morgan fingerprint density at radius 2 is 1.69 bits per heavy atom. The number of carbonyl (C=O) groups is 2. The number of benzene rings is 1. The van der Waals surface area contributed by atoms with Crippen molar-refractivity contribution in [2.24, 2.45) is 0 Å². The average Bonchev–Trinajstić information content (AvgIpc) is 3.07. The van der Waals surface area contributed by atoms with Crippen LogP contribution in [0, 0.1) is 6.92 Å². The predicted molar refractivity (Wildman–Crippen MR) is 94.8 cm³/mol. The van der Waals surface area contributed by atoms with Gasteiger partial charge in [0, 0.05) is 51.1 Å². The largest absolute Gasteiger partial charge is 0.441 e. The molecule has 1 aliphatic heterocycles. The van der Waals surface area contributed by atoms with Gasteiger partial charge in [-0.25, -0.2) is 4.98 Å². The van der Waals surface area contributed by atoms with E-state index >= 15 is 0 Å². The summed E-state index contributed by atoms with van der Waals surface area (Å²) in [4.78, 5) is 36.9. The van der Waals surface area contributed by atoms with Gasteiger partial charge in [0.15, 0.2) is 11.5 Å². The lowest BCUT2D eigenvalue weighted by Gasteiger charge is -2.34. The molecule has 0 atom stereocenters. The molecule has 132 valence electrons. The summed E-state index contributed by atoms with van der Waals surface area (Å²) < 4.78 is 5.50. The highest BCUT2D eigenvalue weighted by molar-refractivity contribution is 5.97. The summed E-state index contributed by atoms with van der Waals surface area (Å²) in [5, 5.41) is 0. The molecule has 0 spiro atoms. The molecule has 2 aromatic heterocycles. The summed E-state index contributed by atoms with van der Waals surface area (Å²) in [6.07, 6.45) is 3.20. The average molecular weight is 350 g/mol. The maximum absolute atomic E-state index is 12.7. The lowest BCUT2D eigenvalue weighted by Crippen LogP contribution is -2.50. The number of carbonyl (C=O) groups excluding carboxylic acids is 2. The molecule has 7 nitrogen and oxygen atoms in total. The molecule has 4 rings (SSSR count). The molecular weight excluding hydrogens is 332 g/mol. The van der Waals surface area contributed by atoms with Gasteiger partial charge in [-0.1, -0.05) is 0 Å². The standard InChI is InChI=1S/C19H18N4O3/c1-13-21-16-5-4-14(11-17(16)26-13)18(24)22-7-9-23(10-8-22)19(25)15-3-2-6-20-12-15/h2-6,11-12H,7-10H2,1H3. The van der Waals surface area contributed by atoms with Crippen molar-refractivity contribution in [1.82, 2.24) is 19.8 Å². The Kier molecular flexibility index (Phi) is 4.12. The summed E-state index contributed by atoms with van der Waals surface area (Å²) in [7, 11) is 0. The molecule has 1 aromatic carbocycles. The molecule has 3 heterocycles. The fourth-order valence-corrected chi connectivity index (χ4v) is 3.14. The highest BCUT2D eigenvalue weighted by Gasteiger charge is 2.26. The Morgan fingerprint density at radius 3 is 2.35 bits per heavy atom. The lowest BCUT2D eigenvalue weighted by molar-refractivity contribution is 0.0535. The van der Waals surface area contributed by atoms with Crippen LogP contribution in [0.1, 0.15) is 26.6 Å². The maximum Gasteiger partial charge on any atom is 0.255 e. The topological polar surface area (TPSA) is 79.5 Å². The number of fused-ring (bicyclic) bond motifs is 1. The van der Waals surface area contributed by atoms with Crippen molar-refractivity contribution in [3.8, 4) is 0 Å². The van der Waals surface area contributed by atoms with Crippen molar-refractivity contribution in [1.29, 1.82) is 0 Å². The van der Waals surface area contributed by atoms with Gasteiger partial charge in [0.2, 0.25) is 0 Å². The molecule has 2 amide bonds. The number of aryl methyl sites for hydroxylation is 1. The molecule has 7 heteroatoms. The van der Waals surface area contributed by atoms with E-state index in [2.05, 4.69) is 9.97 Å². The fourth-order valence-electron chi connectivity index (χ4n) is 3.14. The number of aromatic nitrogens is 2. The third-order valence-corrected chi connectivity index (χ3v) is 4.50. The smallest absolute Gasteiger partial charge is 0.255 e. The van der Waals surface area contributed by atoms with Crippen LogP contribution >= 0.6 is 0 Å². The van der Waals surface area contributed by atoms with Crippen molar-refractivity contribution in [2.45, 2.75) is 6.92 Å². The van der Waals surface area contributed by atoms with Gasteiger partial charge in [0.25, 0.3) is 11.8 Å². The molecule has 0 saturated carbocycles. The van der Waals surface area contributed by atoms with Crippen LogP contribution in [0.4, 0.5) is 0 Å². The molecule has 26 heavy (non-hydrogen) atoms. The Hall–Kier alpha value is -3.22. The van der Waals surface area contributed by atoms with Crippen molar-refractivity contribution < 1.29 is 14.0 Å². The number of rotatable bonds is 2.